The molecule has 9 heteroatoms. The molecule has 0 bridgehead atoms. The lowest BCUT2D eigenvalue weighted by molar-refractivity contribution is 0.186. The fourth-order valence-corrected chi connectivity index (χ4v) is 1.99. The van der Waals surface area contributed by atoms with E-state index in [4.69, 9.17) is 25.5 Å². The summed E-state index contributed by atoms with van der Waals surface area (Å²) in [5.74, 6) is -0.501. The molecule has 0 unspecified atom stereocenters. The van der Waals surface area contributed by atoms with E-state index in [1.165, 1.54) is 6.20 Å². The summed E-state index contributed by atoms with van der Waals surface area (Å²) in [6.45, 7) is 1.68. The summed E-state index contributed by atoms with van der Waals surface area (Å²) in [5, 5.41) is 6.03. The Balaban J connectivity index is 1.68. The number of halogens is 2. The molecule has 0 radical (unpaired) electrons. The van der Waals surface area contributed by atoms with E-state index in [1.807, 2.05) is 0 Å². The first kappa shape index (κ1) is 16.0. The number of nitrogens with one attached hydrogen (secondary N) is 1. The van der Waals surface area contributed by atoms with Gasteiger partial charge in [0.05, 0.1) is 5.02 Å². The minimum atomic E-state index is -0.662. The average molecular weight is 352 g/mol. The van der Waals surface area contributed by atoms with Crippen LogP contribution in [0.25, 0.3) is 0 Å². The summed E-state index contributed by atoms with van der Waals surface area (Å²) in [6.07, 6.45) is 0.725. The monoisotopic (exact) mass is 351 g/mol. The highest BCUT2D eigenvalue weighted by molar-refractivity contribution is 6.30. The summed E-state index contributed by atoms with van der Waals surface area (Å²) in [5.41, 5.74) is 0. The third kappa shape index (κ3) is 3.72. The van der Waals surface area contributed by atoms with Gasteiger partial charge >= 0.3 is 5.76 Å². The van der Waals surface area contributed by atoms with E-state index >= 15 is 0 Å². The maximum atomic E-state index is 13.6. The van der Waals surface area contributed by atoms with Crippen molar-refractivity contribution in [2.24, 2.45) is 0 Å². The van der Waals surface area contributed by atoms with Crippen molar-refractivity contribution in [2.45, 2.75) is 13.0 Å². The zero-order chi connectivity index (χ0) is 17.1. The maximum absolute atomic E-state index is 13.6. The van der Waals surface area contributed by atoms with E-state index in [9.17, 15) is 9.18 Å². The highest BCUT2D eigenvalue weighted by Crippen LogP contribution is 2.27. The first-order chi connectivity index (χ1) is 11.5. The lowest BCUT2D eigenvalue weighted by Crippen LogP contribution is -2.03. The number of benzene rings is 1. The third-order valence-corrected chi connectivity index (χ3v) is 3.13. The van der Waals surface area contributed by atoms with Gasteiger partial charge in [-0.3, -0.25) is 0 Å². The van der Waals surface area contributed by atoms with E-state index in [0.29, 0.717) is 11.5 Å². The summed E-state index contributed by atoms with van der Waals surface area (Å²) in [4.78, 5) is 14.7. The number of pyridine rings is 1. The summed E-state index contributed by atoms with van der Waals surface area (Å²) < 4.78 is 29.4. The van der Waals surface area contributed by atoms with E-state index < -0.39 is 17.7 Å². The van der Waals surface area contributed by atoms with Crippen LogP contribution in [-0.2, 0) is 0 Å². The lowest BCUT2D eigenvalue weighted by Gasteiger charge is -2.11. The summed E-state index contributed by atoms with van der Waals surface area (Å²) in [6, 6.07) is 7.51. The van der Waals surface area contributed by atoms with Crippen molar-refractivity contribution in [1.82, 2.24) is 15.2 Å². The van der Waals surface area contributed by atoms with Crippen molar-refractivity contribution in [3.05, 3.63) is 63.8 Å². The molecule has 0 aliphatic rings. The average Bonchev–Trinajstić information content (AvgIpc) is 2.98. The molecule has 7 nitrogen and oxygen atoms in total. The fraction of sp³-hybridized carbons (Fsp3) is 0.133. The fourth-order valence-electron chi connectivity index (χ4n) is 1.84. The zero-order valence-electron chi connectivity index (χ0n) is 12.3. The Hall–Kier alpha value is -2.87. The lowest BCUT2D eigenvalue weighted by atomic mass is 10.3. The molecule has 3 rings (SSSR count). The number of H-pyrrole nitrogens is 1. The van der Waals surface area contributed by atoms with E-state index in [-0.39, 0.29) is 16.8 Å². The van der Waals surface area contributed by atoms with Crippen LogP contribution in [0.3, 0.4) is 0 Å². The first-order valence-corrected chi connectivity index (χ1v) is 7.20. The van der Waals surface area contributed by atoms with Gasteiger partial charge in [0.2, 0.25) is 0 Å². The van der Waals surface area contributed by atoms with Crippen molar-refractivity contribution in [2.75, 3.05) is 0 Å². The minimum absolute atomic E-state index is 0.132. The van der Waals surface area contributed by atoms with Gasteiger partial charge in [-0.2, -0.15) is 0 Å². The van der Waals surface area contributed by atoms with Gasteiger partial charge in [-0.15, -0.1) is 5.10 Å². The molecule has 0 amide bonds. The largest absolute Gasteiger partial charge is 0.481 e. The van der Waals surface area contributed by atoms with Crippen molar-refractivity contribution in [3.8, 4) is 17.4 Å². The standard InChI is InChI=1S/C15H11ClFN3O4/c1-8(13-19-20-15(21)24-13)22-10-2-4-11(5-3-10)23-14-12(17)6-9(16)7-18-14/h2-8H,1H3,(H,20,21)/t8-/m1/s1. The van der Waals surface area contributed by atoms with Crippen LogP contribution in [0, 0.1) is 5.82 Å². The Labute approximate surface area is 140 Å². The van der Waals surface area contributed by atoms with Gasteiger partial charge in [0, 0.05) is 6.20 Å². The van der Waals surface area contributed by atoms with Crippen LogP contribution in [0.2, 0.25) is 5.02 Å². The van der Waals surface area contributed by atoms with Crippen LogP contribution in [0.4, 0.5) is 4.39 Å². The van der Waals surface area contributed by atoms with Crippen LogP contribution in [-0.4, -0.2) is 15.2 Å². The van der Waals surface area contributed by atoms with Gasteiger partial charge in [0.25, 0.3) is 11.8 Å². The molecule has 1 atom stereocenters. The van der Waals surface area contributed by atoms with Crippen molar-refractivity contribution < 1.29 is 18.3 Å². The Bertz CT molecular complexity index is 894. The highest BCUT2D eigenvalue weighted by atomic mass is 35.5. The molecule has 0 fully saturated rings. The van der Waals surface area contributed by atoms with Gasteiger partial charge in [-0.05, 0) is 37.3 Å². The second-order valence-corrected chi connectivity index (χ2v) is 5.16. The molecule has 2 aromatic heterocycles. The molecule has 2 heterocycles. The second kappa shape index (κ2) is 6.71. The van der Waals surface area contributed by atoms with Gasteiger partial charge < -0.3 is 13.9 Å². The van der Waals surface area contributed by atoms with Gasteiger partial charge in [0.15, 0.2) is 11.9 Å². The number of nitrogens with zero attached hydrogens (tertiary/aromatic N) is 2. The van der Waals surface area contributed by atoms with Crippen LogP contribution < -0.4 is 15.2 Å². The van der Waals surface area contributed by atoms with Crippen LogP contribution in [0.15, 0.2) is 45.7 Å². The molecule has 0 saturated carbocycles. The van der Waals surface area contributed by atoms with E-state index in [1.54, 1.807) is 31.2 Å². The predicted octanol–water partition coefficient (Wildman–Crippen LogP) is 3.48. The Morgan fingerprint density at radius 2 is 2.00 bits per heavy atom. The van der Waals surface area contributed by atoms with Gasteiger partial charge in [0.1, 0.15) is 11.5 Å². The minimum Gasteiger partial charge on any atom is -0.481 e. The van der Waals surface area contributed by atoms with Crippen molar-refractivity contribution in [3.63, 3.8) is 0 Å². The highest BCUT2D eigenvalue weighted by Gasteiger charge is 2.14. The molecule has 124 valence electrons. The molecule has 0 spiro atoms. The van der Waals surface area contributed by atoms with Crippen molar-refractivity contribution in [1.29, 1.82) is 0 Å². The molecule has 0 saturated heterocycles. The molecule has 3 aromatic rings. The molecular formula is C15H11ClFN3O4. The second-order valence-electron chi connectivity index (χ2n) is 4.73. The topological polar surface area (TPSA) is 90.2 Å². The Morgan fingerprint density at radius 1 is 1.29 bits per heavy atom. The predicted molar refractivity (Wildman–Crippen MR) is 81.9 cm³/mol. The number of aromatic amines is 1. The van der Waals surface area contributed by atoms with Gasteiger partial charge in [-0.25, -0.2) is 19.3 Å². The normalized spacial score (nSPS) is 12.0. The van der Waals surface area contributed by atoms with Crippen molar-refractivity contribution >= 4 is 11.6 Å². The molecule has 0 aliphatic carbocycles. The summed E-state index contributed by atoms with van der Waals surface area (Å²) >= 11 is 5.63. The summed E-state index contributed by atoms with van der Waals surface area (Å²) in [7, 11) is 0. The molecule has 0 aliphatic heterocycles. The number of ether oxygens (including phenoxy) is 2. The van der Waals surface area contributed by atoms with E-state index in [2.05, 4.69) is 15.2 Å². The molecule has 24 heavy (non-hydrogen) atoms. The number of aromatic nitrogens is 3. The maximum Gasteiger partial charge on any atom is 0.434 e. The molecular weight excluding hydrogens is 341 g/mol. The number of hydrogen-bond acceptors (Lipinski definition) is 6. The van der Waals surface area contributed by atoms with Gasteiger partial charge in [-0.1, -0.05) is 11.6 Å². The third-order valence-electron chi connectivity index (χ3n) is 2.93. The molecule has 1 N–H and O–H groups in total. The Kier molecular flexibility index (Phi) is 4.48. The smallest absolute Gasteiger partial charge is 0.434 e. The number of hydrogen-bond donors (Lipinski definition) is 1. The van der Waals surface area contributed by atoms with Crippen LogP contribution >= 0.6 is 11.6 Å². The quantitative estimate of drug-likeness (QED) is 0.756. The van der Waals surface area contributed by atoms with Crippen LogP contribution in [0.5, 0.6) is 17.4 Å². The van der Waals surface area contributed by atoms with E-state index in [0.717, 1.165) is 6.07 Å². The first-order valence-electron chi connectivity index (χ1n) is 6.82. The molecule has 1 aromatic carbocycles. The Morgan fingerprint density at radius 3 is 2.62 bits per heavy atom. The number of rotatable bonds is 5. The zero-order valence-corrected chi connectivity index (χ0v) is 13.1. The SMILES string of the molecule is C[C@@H](Oc1ccc(Oc2ncc(Cl)cc2F)cc1)c1n[nH]c(=O)o1. The van der Waals surface area contributed by atoms with Crippen LogP contribution in [0.1, 0.15) is 18.9 Å².